The smallest absolute Gasteiger partial charge is 0.238 e. The van der Waals surface area contributed by atoms with Crippen LogP contribution in [0.25, 0.3) is 10.4 Å². The Kier molecular flexibility index (Phi) is 3.98. The van der Waals surface area contributed by atoms with Crippen LogP contribution in [0.4, 0.5) is 0 Å². The molecule has 0 amide bonds. The van der Waals surface area contributed by atoms with Crippen molar-refractivity contribution in [1.82, 2.24) is 4.98 Å². The topological polar surface area (TPSA) is 73.0 Å². The van der Waals surface area contributed by atoms with Crippen LogP contribution in [0.1, 0.15) is 34.5 Å². The largest absolute Gasteiger partial charge is 0.246 e. The molecule has 1 fully saturated rings. The molecule has 2 aromatic carbocycles. The maximum Gasteiger partial charge on any atom is 0.238 e. The molecule has 0 bridgehead atoms. The Balaban J connectivity index is 1.56. The molecular formula is C19H18N2O2S2. The van der Waals surface area contributed by atoms with E-state index < -0.39 is 10.0 Å². The lowest BCUT2D eigenvalue weighted by Crippen LogP contribution is -2.11. The molecule has 25 heavy (non-hydrogen) atoms. The highest BCUT2D eigenvalue weighted by Crippen LogP contribution is 2.56. The molecule has 6 heteroatoms. The zero-order chi connectivity index (χ0) is 17.6. The van der Waals surface area contributed by atoms with Crippen LogP contribution in [-0.4, -0.2) is 13.4 Å². The van der Waals surface area contributed by atoms with Gasteiger partial charge in [-0.15, -0.1) is 11.3 Å². The number of nitrogens with zero attached hydrogens (tertiary/aromatic N) is 1. The minimum absolute atomic E-state index is 0.157. The quantitative estimate of drug-likeness (QED) is 0.753. The van der Waals surface area contributed by atoms with E-state index in [0.717, 1.165) is 22.7 Å². The number of hydrogen-bond acceptors (Lipinski definition) is 4. The van der Waals surface area contributed by atoms with Crippen LogP contribution in [0.2, 0.25) is 0 Å². The first kappa shape index (κ1) is 16.4. The zero-order valence-electron chi connectivity index (χ0n) is 13.7. The molecule has 3 aromatic rings. The summed E-state index contributed by atoms with van der Waals surface area (Å²) in [6, 6.07) is 17.2. The minimum atomic E-state index is -3.63. The molecule has 4 nitrogen and oxygen atoms in total. The Bertz CT molecular complexity index is 1010. The first-order valence-electron chi connectivity index (χ1n) is 8.09. The highest BCUT2D eigenvalue weighted by atomic mass is 32.2. The van der Waals surface area contributed by atoms with Crippen molar-refractivity contribution in [1.29, 1.82) is 0 Å². The van der Waals surface area contributed by atoms with Crippen LogP contribution in [0.5, 0.6) is 0 Å². The molecule has 1 aliphatic rings. The third-order valence-electron chi connectivity index (χ3n) is 4.59. The normalized spacial score (nSPS) is 19.8. The van der Waals surface area contributed by atoms with Crippen molar-refractivity contribution in [2.45, 2.75) is 30.1 Å². The van der Waals surface area contributed by atoms with Gasteiger partial charge in [-0.1, -0.05) is 42.5 Å². The highest BCUT2D eigenvalue weighted by molar-refractivity contribution is 7.89. The average molecular weight is 370 g/mol. The summed E-state index contributed by atoms with van der Waals surface area (Å²) in [5.74, 6) is 0.824. The zero-order valence-corrected chi connectivity index (χ0v) is 15.3. The van der Waals surface area contributed by atoms with Crippen LogP contribution in [0, 0.1) is 6.92 Å². The fourth-order valence-corrected chi connectivity index (χ4v) is 4.94. The number of primary sulfonamides is 1. The van der Waals surface area contributed by atoms with Gasteiger partial charge in [-0.3, -0.25) is 0 Å². The second-order valence-corrected chi connectivity index (χ2v) is 8.99. The molecule has 0 aliphatic heterocycles. The first-order valence-corrected chi connectivity index (χ1v) is 10.5. The predicted octanol–water partition coefficient (Wildman–Crippen LogP) is 4.04. The van der Waals surface area contributed by atoms with Crippen molar-refractivity contribution in [2.24, 2.45) is 5.14 Å². The average Bonchev–Trinajstić information content (AvgIpc) is 3.31. The molecule has 128 valence electrons. The monoisotopic (exact) mass is 370 g/mol. The third-order valence-corrected chi connectivity index (χ3v) is 6.86. The van der Waals surface area contributed by atoms with Gasteiger partial charge in [0.1, 0.15) is 0 Å². The van der Waals surface area contributed by atoms with Crippen molar-refractivity contribution >= 4 is 21.4 Å². The van der Waals surface area contributed by atoms with E-state index in [9.17, 15) is 8.42 Å². The Morgan fingerprint density at radius 1 is 1.04 bits per heavy atom. The maximum atomic E-state index is 11.4. The lowest BCUT2D eigenvalue weighted by Gasteiger charge is -2.01. The second kappa shape index (κ2) is 6.05. The lowest BCUT2D eigenvalue weighted by molar-refractivity contribution is 0.598. The van der Waals surface area contributed by atoms with Crippen LogP contribution < -0.4 is 5.14 Å². The van der Waals surface area contributed by atoms with Gasteiger partial charge in [-0.25, -0.2) is 18.5 Å². The van der Waals surface area contributed by atoms with E-state index in [2.05, 4.69) is 19.1 Å². The summed E-state index contributed by atoms with van der Waals surface area (Å²) in [5.41, 5.74) is 3.42. The number of thiazole rings is 1. The fraction of sp³-hybridized carbons (Fsp3) is 0.211. The number of aryl methyl sites for hydroxylation is 1. The summed E-state index contributed by atoms with van der Waals surface area (Å²) in [4.78, 5) is 6.17. The van der Waals surface area contributed by atoms with Gasteiger partial charge in [0.15, 0.2) is 0 Å². The van der Waals surface area contributed by atoms with E-state index in [1.807, 2.05) is 30.3 Å². The second-order valence-electron chi connectivity index (χ2n) is 6.40. The number of sulfonamides is 1. The van der Waals surface area contributed by atoms with Gasteiger partial charge < -0.3 is 0 Å². The summed E-state index contributed by atoms with van der Waals surface area (Å²) in [5, 5.41) is 6.32. The van der Waals surface area contributed by atoms with Crippen molar-refractivity contribution in [3.63, 3.8) is 0 Å². The lowest BCUT2D eigenvalue weighted by atomic mass is 10.1. The van der Waals surface area contributed by atoms with Crippen LogP contribution in [0.3, 0.4) is 0 Å². The Morgan fingerprint density at radius 3 is 2.36 bits per heavy atom. The van der Waals surface area contributed by atoms with E-state index in [4.69, 9.17) is 10.1 Å². The SMILES string of the molecule is Cc1nc([C@@H]2C[C@H]2c2ccc(S(N)(=O)=O)cc2)sc1-c1ccccc1. The summed E-state index contributed by atoms with van der Waals surface area (Å²) in [6.45, 7) is 2.06. The minimum Gasteiger partial charge on any atom is -0.246 e. The highest BCUT2D eigenvalue weighted by Gasteiger charge is 2.42. The number of nitrogens with two attached hydrogens (primary N) is 1. The molecule has 1 aromatic heterocycles. The molecule has 2 N–H and O–H groups in total. The molecule has 0 saturated heterocycles. The van der Waals surface area contributed by atoms with Crippen molar-refractivity contribution < 1.29 is 8.42 Å². The van der Waals surface area contributed by atoms with Crippen molar-refractivity contribution in [3.8, 4) is 10.4 Å². The van der Waals surface area contributed by atoms with Gasteiger partial charge >= 0.3 is 0 Å². The molecule has 1 saturated carbocycles. The van der Waals surface area contributed by atoms with Crippen molar-refractivity contribution in [3.05, 3.63) is 70.9 Å². The maximum absolute atomic E-state index is 11.4. The fourth-order valence-electron chi connectivity index (χ4n) is 3.17. The molecule has 0 spiro atoms. The van der Waals surface area contributed by atoms with Gasteiger partial charge in [-0.05, 0) is 42.5 Å². The summed E-state index contributed by atoms with van der Waals surface area (Å²) in [7, 11) is -3.63. The van der Waals surface area contributed by atoms with Gasteiger partial charge in [0.2, 0.25) is 10.0 Å². The number of aromatic nitrogens is 1. The number of rotatable bonds is 4. The van der Waals surface area contributed by atoms with Crippen LogP contribution in [0.15, 0.2) is 59.5 Å². The molecule has 2 atom stereocenters. The molecule has 1 heterocycles. The van der Waals surface area contributed by atoms with Crippen molar-refractivity contribution in [2.75, 3.05) is 0 Å². The van der Waals surface area contributed by atoms with Crippen LogP contribution in [-0.2, 0) is 10.0 Å². The Hall–Kier alpha value is -2.02. The Labute approximate surface area is 151 Å². The van der Waals surface area contributed by atoms with E-state index >= 15 is 0 Å². The molecular weight excluding hydrogens is 352 g/mol. The van der Waals surface area contributed by atoms with Crippen LogP contribution >= 0.6 is 11.3 Å². The molecule has 4 rings (SSSR count). The van der Waals surface area contributed by atoms with Gasteiger partial charge in [-0.2, -0.15) is 0 Å². The van der Waals surface area contributed by atoms with E-state index in [1.165, 1.54) is 10.4 Å². The number of benzene rings is 2. The van der Waals surface area contributed by atoms with Gasteiger partial charge in [0.05, 0.1) is 20.5 Å². The summed E-state index contributed by atoms with van der Waals surface area (Å²) in [6.07, 6.45) is 1.05. The first-order chi connectivity index (χ1) is 11.9. The molecule has 0 radical (unpaired) electrons. The molecule has 1 aliphatic carbocycles. The van der Waals surface area contributed by atoms with Gasteiger partial charge in [0, 0.05) is 5.92 Å². The predicted molar refractivity (Wildman–Crippen MR) is 100 cm³/mol. The van der Waals surface area contributed by atoms with E-state index in [0.29, 0.717) is 11.8 Å². The third kappa shape index (κ3) is 3.25. The Morgan fingerprint density at radius 2 is 1.72 bits per heavy atom. The summed E-state index contributed by atoms with van der Waals surface area (Å²) >= 11 is 1.76. The summed E-state index contributed by atoms with van der Waals surface area (Å²) < 4.78 is 22.7. The van der Waals surface area contributed by atoms with Gasteiger partial charge in [0.25, 0.3) is 0 Å². The number of hydrogen-bond donors (Lipinski definition) is 1. The van der Waals surface area contributed by atoms with E-state index in [1.54, 1.807) is 23.5 Å². The molecule has 0 unspecified atom stereocenters. The van der Waals surface area contributed by atoms with E-state index in [-0.39, 0.29) is 4.90 Å². The standard InChI is InChI=1S/C19H18N2O2S2/c1-12-18(14-5-3-2-4-6-14)24-19(21-12)17-11-16(17)13-7-9-15(10-8-13)25(20,22)23/h2-10,16-17H,11H2,1H3,(H2,20,22,23)/t16-,17+/m0/s1.